The van der Waals surface area contributed by atoms with Crippen molar-refractivity contribution < 1.29 is 5.11 Å². The number of aliphatic hydroxyl groups is 1. The lowest BCUT2D eigenvalue weighted by molar-refractivity contribution is -0.120. The molecule has 0 aromatic rings. The van der Waals surface area contributed by atoms with E-state index in [1.165, 1.54) is 51.4 Å². The predicted molar refractivity (Wildman–Crippen MR) is 136 cm³/mol. The van der Waals surface area contributed by atoms with Gasteiger partial charge in [0.2, 0.25) is 0 Å². The first-order valence-corrected chi connectivity index (χ1v) is 13.8. The van der Waals surface area contributed by atoms with Gasteiger partial charge in [0.05, 0.1) is 6.10 Å². The second kappa shape index (κ2) is 8.56. The minimum absolute atomic E-state index is 0.0305. The Hall–Kier alpha value is -0.600. The summed E-state index contributed by atoms with van der Waals surface area (Å²) in [6.45, 7) is 17.7. The minimum Gasteiger partial charge on any atom is -0.393 e. The van der Waals surface area contributed by atoms with Crippen molar-refractivity contribution in [2.75, 3.05) is 6.54 Å². The van der Waals surface area contributed by atoms with E-state index in [4.69, 9.17) is 5.73 Å². The van der Waals surface area contributed by atoms with Gasteiger partial charge in [0, 0.05) is 0 Å². The van der Waals surface area contributed by atoms with E-state index in [-0.39, 0.29) is 16.9 Å². The summed E-state index contributed by atoms with van der Waals surface area (Å²) in [7, 11) is 0. The van der Waals surface area contributed by atoms with Gasteiger partial charge in [-0.15, -0.1) is 0 Å². The number of aliphatic hydroxyl groups excluding tert-OH is 1. The molecule has 0 spiro atoms. The third kappa shape index (κ3) is 3.58. The number of fused-ring (bicyclic) bond motifs is 4. The molecule has 1 saturated carbocycles. The Bertz CT molecular complexity index is 776. The van der Waals surface area contributed by atoms with Crippen molar-refractivity contribution in [3.05, 3.63) is 22.8 Å². The Kier molecular flexibility index (Phi) is 6.56. The zero-order chi connectivity index (χ0) is 23.5. The molecule has 0 bridgehead atoms. The van der Waals surface area contributed by atoms with Crippen LogP contribution in [-0.4, -0.2) is 17.8 Å². The van der Waals surface area contributed by atoms with Gasteiger partial charge in [-0.2, -0.15) is 0 Å². The Morgan fingerprint density at radius 3 is 2.47 bits per heavy atom. The molecule has 0 saturated heterocycles. The lowest BCUT2D eigenvalue weighted by Crippen LogP contribution is -2.58. The van der Waals surface area contributed by atoms with Crippen LogP contribution in [0.4, 0.5) is 0 Å². The van der Waals surface area contributed by atoms with Gasteiger partial charge in [-0.3, -0.25) is 0 Å². The summed E-state index contributed by atoms with van der Waals surface area (Å²) in [5.41, 5.74) is 12.0. The largest absolute Gasteiger partial charge is 0.393 e. The second-order valence-corrected chi connectivity index (χ2v) is 13.5. The van der Waals surface area contributed by atoms with Crippen LogP contribution >= 0.6 is 0 Å². The van der Waals surface area contributed by atoms with E-state index in [0.29, 0.717) is 23.8 Å². The van der Waals surface area contributed by atoms with Crippen LogP contribution in [0.5, 0.6) is 0 Å². The Balaban J connectivity index is 1.64. The van der Waals surface area contributed by atoms with Crippen LogP contribution in [0.25, 0.3) is 0 Å². The average molecular weight is 442 g/mol. The zero-order valence-electron chi connectivity index (χ0n) is 22.1. The molecular formula is C30H51NO. The highest BCUT2D eigenvalue weighted by Crippen LogP contribution is 2.67. The van der Waals surface area contributed by atoms with E-state index in [1.54, 1.807) is 16.7 Å². The Labute approximate surface area is 198 Å². The molecule has 0 unspecified atom stereocenters. The molecule has 0 aromatic heterocycles. The first-order valence-electron chi connectivity index (χ1n) is 13.8. The minimum atomic E-state index is -0.230. The van der Waals surface area contributed by atoms with Crippen LogP contribution < -0.4 is 5.73 Å². The summed E-state index contributed by atoms with van der Waals surface area (Å²) in [4.78, 5) is 0. The van der Waals surface area contributed by atoms with Crippen molar-refractivity contribution >= 4 is 0 Å². The van der Waals surface area contributed by atoms with E-state index in [1.807, 2.05) is 0 Å². The Morgan fingerprint density at radius 2 is 1.81 bits per heavy atom. The number of nitrogens with two attached hydrogens (primary N) is 1. The molecule has 7 atom stereocenters. The first-order chi connectivity index (χ1) is 15.0. The smallest absolute Gasteiger partial charge is 0.0597 e. The highest BCUT2D eigenvalue weighted by Gasteiger charge is 2.60. The summed E-state index contributed by atoms with van der Waals surface area (Å²) in [5, 5.41) is 11.0. The molecule has 4 aliphatic carbocycles. The molecule has 0 radical (unpaired) electrons. The van der Waals surface area contributed by atoms with E-state index in [9.17, 15) is 5.11 Å². The van der Waals surface area contributed by atoms with Gasteiger partial charge >= 0.3 is 0 Å². The summed E-state index contributed by atoms with van der Waals surface area (Å²) in [6, 6.07) is 0. The van der Waals surface area contributed by atoms with Crippen LogP contribution in [0.2, 0.25) is 0 Å². The fraction of sp³-hybridized carbons (Fsp3) is 0.867. The average Bonchev–Trinajstić information content (AvgIpc) is 3.08. The van der Waals surface area contributed by atoms with Crippen molar-refractivity contribution in [2.45, 2.75) is 112 Å². The molecule has 0 aromatic carbocycles. The maximum absolute atomic E-state index is 11.0. The molecule has 182 valence electrons. The maximum Gasteiger partial charge on any atom is 0.0597 e. The molecule has 4 aliphatic rings. The zero-order valence-corrected chi connectivity index (χ0v) is 22.1. The molecular weight excluding hydrogens is 390 g/mol. The van der Waals surface area contributed by atoms with Crippen molar-refractivity contribution in [3.8, 4) is 0 Å². The number of rotatable bonds is 6. The fourth-order valence-electron chi connectivity index (χ4n) is 9.08. The van der Waals surface area contributed by atoms with E-state index in [0.717, 1.165) is 24.2 Å². The Morgan fingerprint density at radius 1 is 1.09 bits per heavy atom. The third-order valence-electron chi connectivity index (χ3n) is 11.2. The molecule has 0 amide bonds. The van der Waals surface area contributed by atoms with Gasteiger partial charge < -0.3 is 10.8 Å². The lowest BCUT2D eigenvalue weighted by Gasteiger charge is -2.62. The summed E-state index contributed by atoms with van der Waals surface area (Å²) in [5.74, 6) is 3.37. The molecule has 3 N–H and O–H groups in total. The van der Waals surface area contributed by atoms with E-state index >= 15 is 0 Å². The lowest BCUT2D eigenvalue weighted by atomic mass is 9.43. The SMILES string of the molecule is CC(C)CCC[C@@H](C)[C@H]1CC=C2C3=C(CC[C@@]21C)[C@@]1(C)[C@@H](CN)C[C@H](O)C(C)(C)[C@@H]1CC3. The molecule has 2 nitrogen and oxygen atoms in total. The third-order valence-corrected chi connectivity index (χ3v) is 11.2. The van der Waals surface area contributed by atoms with Crippen molar-refractivity contribution in [1.29, 1.82) is 0 Å². The number of allylic oxidation sites excluding steroid dienone is 4. The topological polar surface area (TPSA) is 46.2 Å². The molecule has 32 heavy (non-hydrogen) atoms. The standard InChI is InChI=1S/C30H51NO/c1-19(2)9-8-10-20(3)23-12-13-24-22-11-14-26-28(4,5)27(32)17-21(18-31)30(26,7)25(22)15-16-29(23,24)6/h13,19-21,23,26-27,32H,8-12,14-18,31H2,1-7H3/t20-,21-,23-,26+,27+,29-,30-/m1/s1. The van der Waals surface area contributed by atoms with Crippen molar-refractivity contribution in [2.24, 2.45) is 51.6 Å². The van der Waals surface area contributed by atoms with Crippen LogP contribution in [0, 0.1) is 45.8 Å². The van der Waals surface area contributed by atoms with Crippen LogP contribution in [-0.2, 0) is 0 Å². The van der Waals surface area contributed by atoms with Crippen molar-refractivity contribution in [3.63, 3.8) is 0 Å². The summed E-state index contributed by atoms with van der Waals surface area (Å²) < 4.78 is 0. The fourth-order valence-corrected chi connectivity index (χ4v) is 9.08. The van der Waals surface area contributed by atoms with Gasteiger partial charge in [-0.05, 0) is 102 Å². The second-order valence-electron chi connectivity index (χ2n) is 13.5. The number of hydrogen-bond acceptors (Lipinski definition) is 2. The molecule has 0 aliphatic heterocycles. The van der Waals surface area contributed by atoms with Gasteiger partial charge in [0.25, 0.3) is 0 Å². The van der Waals surface area contributed by atoms with Crippen molar-refractivity contribution in [1.82, 2.24) is 0 Å². The van der Waals surface area contributed by atoms with E-state index < -0.39 is 0 Å². The highest BCUT2D eigenvalue weighted by atomic mass is 16.3. The molecule has 2 heteroatoms. The monoisotopic (exact) mass is 441 g/mol. The van der Waals surface area contributed by atoms with Crippen LogP contribution in [0.15, 0.2) is 22.8 Å². The van der Waals surface area contributed by atoms with Gasteiger partial charge in [-0.25, -0.2) is 0 Å². The van der Waals surface area contributed by atoms with Gasteiger partial charge in [0.15, 0.2) is 0 Å². The maximum atomic E-state index is 11.0. The quantitative estimate of drug-likeness (QED) is 0.455. The predicted octanol–water partition coefficient (Wildman–Crippen LogP) is 7.27. The van der Waals surface area contributed by atoms with Gasteiger partial charge in [-0.1, -0.05) is 79.4 Å². The molecule has 4 rings (SSSR count). The first kappa shape index (κ1) is 24.5. The summed E-state index contributed by atoms with van der Waals surface area (Å²) in [6.07, 6.45) is 13.6. The molecule has 1 fully saturated rings. The van der Waals surface area contributed by atoms with Gasteiger partial charge in [0.1, 0.15) is 0 Å². The highest BCUT2D eigenvalue weighted by molar-refractivity contribution is 5.50. The normalized spacial score (nSPS) is 41.8. The van der Waals surface area contributed by atoms with Crippen LogP contribution in [0.1, 0.15) is 106 Å². The molecule has 0 heterocycles. The van der Waals surface area contributed by atoms with E-state index in [2.05, 4.69) is 54.5 Å². The van der Waals surface area contributed by atoms with Crippen LogP contribution in [0.3, 0.4) is 0 Å². The number of hydrogen-bond donors (Lipinski definition) is 2. The summed E-state index contributed by atoms with van der Waals surface area (Å²) >= 11 is 0.